The molecule has 1 atom stereocenters. The van der Waals surface area contributed by atoms with Crippen LogP contribution >= 0.6 is 0 Å². The summed E-state index contributed by atoms with van der Waals surface area (Å²) < 4.78 is 10.8. The number of hydrogen-bond acceptors (Lipinski definition) is 3. The molecule has 0 saturated heterocycles. The first kappa shape index (κ1) is 19.3. The van der Waals surface area contributed by atoms with Gasteiger partial charge in [-0.05, 0) is 36.0 Å². The van der Waals surface area contributed by atoms with Crippen molar-refractivity contribution in [2.24, 2.45) is 11.8 Å². The van der Waals surface area contributed by atoms with E-state index in [9.17, 15) is 4.79 Å². The number of carbonyl (C=O) groups is 1. The molecule has 0 spiro atoms. The smallest absolute Gasteiger partial charge is 0.311 e. The van der Waals surface area contributed by atoms with E-state index >= 15 is 0 Å². The quantitative estimate of drug-likeness (QED) is 0.339. The van der Waals surface area contributed by atoms with Crippen molar-refractivity contribution in [1.29, 1.82) is 0 Å². The highest BCUT2D eigenvalue weighted by molar-refractivity contribution is 5.73. The zero-order valence-electron chi connectivity index (χ0n) is 14.9. The van der Waals surface area contributed by atoms with Gasteiger partial charge in [-0.3, -0.25) is 4.79 Å². The molecule has 0 heterocycles. The minimum Gasteiger partial charge on any atom is -0.493 e. The summed E-state index contributed by atoms with van der Waals surface area (Å²) in [5, 5.41) is 0. The van der Waals surface area contributed by atoms with Crippen LogP contribution in [0.5, 0.6) is 11.5 Å². The van der Waals surface area contributed by atoms with E-state index in [2.05, 4.69) is 27.4 Å². The predicted octanol–water partition coefficient (Wildman–Crippen LogP) is 5.18. The number of carbonyl (C=O) groups excluding carboxylic acids is 1. The van der Waals surface area contributed by atoms with Crippen molar-refractivity contribution in [2.45, 2.75) is 52.9 Å². The van der Waals surface area contributed by atoms with Crippen molar-refractivity contribution in [3.63, 3.8) is 0 Å². The van der Waals surface area contributed by atoms with Gasteiger partial charge in [0.15, 0.2) is 11.5 Å². The Bertz CT molecular complexity index is 506. The molecular weight excluding hydrogens is 288 g/mol. The normalized spacial score (nSPS) is 12.0. The molecule has 0 N–H and O–H groups in total. The van der Waals surface area contributed by atoms with Crippen LogP contribution in [-0.2, 0) is 11.2 Å². The van der Waals surface area contributed by atoms with Crippen LogP contribution in [0.1, 0.15) is 52.0 Å². The number of esters is 1. The molecule has 0 bridgehead atoms. The van der Waals surface area contributed by atoms with E-state index in [0.29, 0.717) is 29.8 Å². The molecule has 3 heteroatoms. The summed E-state index contributed by atoms with van der Waals surface area (Å²) in [6.45, 7) is 10.3. The Labute approximate surface area is 140 Å². The van der Waals surface area contributed by atoms with Gasteiger partial charge in [0.1, 0.15) is 0 Å². The number of hydrogen-bond donors (Lipinski definition) is 0. The third-order valence-electron chi connectivity index (χ3n) is 3.83. The van der Waals surface area contributed by atoms with Crippen molar-refractivity contribution in [3.05, 3.63) is 36.4 Å². The number of methoxy groups -OCH3 is 1. The Morgan fingerprint density at radius 1 is 1.22 bits per heavy atom. The van der Waals surface area contributed by atoms with Gasteiger partial charge in [-0.25, -0.2) is 0 Å². The first-order valence-corrected chi connectivity index (χ1v) is 8.44. The maximum atomic E-state index is 12.1. The first-order chi connectivity index (χ1) is 11.0. The van der Waals surface area contributed by atoms with E-state index in [0.717, 1.165) is 24.8 Å². The first-order valence-electron chi connectivity index (χ1n) is 8.44. The Balaban J connectivity index is 2.54. The zero-order valence-corrected chi connectivity index (χ0v) is 14.9. The van der Waals surface area contributed by atoms with Gasteiger partial charge in [-0.15, -0.1) is 6.58 Å². The van der Waals surface area contributed by atoms with Crippen LogP contribution in [0.25, 0.3) is 0 Å². The Morgan fingerprint density at radius 2 is 1.96 bits per heavy atom. The van der Waals surface area contributed by atoms with Crippen LogP contribution in [0.15, 0.2) is 30.9 Å². The van der Waals surface area contributed by atoms with Crippen molar-refractivity contribution in [3.8, 4) is 11.5 Å². The van der Waals surface area contributed by atoms with Crippen LogP contribution in [0, 0.1) is 11.8 Å². The third-order valence-corrected chi connectivity index (χ3v) is 3.83. The molecule has 23 heavy (non-hydrogen) atoms. The molecule has 1 unspecified atom stereocenters. The molecule has 0 amide bonds. The summed E-state index contributed by atoms with van der Waals surface area (Å²) >= 11 is 0. The van der Waals surface area contributed by atoms with Crippen LogP contribution < -0.4 is 9.47 Å². The second-order valence-electron chi connectivity index (χ2n) is 6.59. The SMILES string of the molecule is C=CCc1ccc(OC(=O)CC(C)CCCC(C)C)c(OC)c1. The summed E-state index contributed by atoms with van der Waals surface area (Å²) in [6.07, 6.45) is 6.46. The fourth-order valence-corrected chi connectivity index (χ4v) is 2.52. The summed E-state index contributed by atoms with van der Waals surface area (Å²) in [7, 11) is 1.58. The molecule has 0 aliphatic rings. The second kappa shape index (κ2) is 10.1. The average molecular weight is 318 g/mol. The monoisotopic (exact) mass is 318 g/mol. The summed E-state index contributed by atoms with van der Waals surface area (Å²) in [5.41, 5.74) is 1.08. The van der Waals surface area contributed by atoms with Crippen molar-refractivity contribution >= 4 is 5.97 Å². The number of ether oxygens (including phenoxy) is 2. The van der Waals surface area contributed by atoms with Crippen LogP contribution in [0.4, 0.5) is 0 Å². The Hall–Kier alpha value is -1.77. The van der Waals surface area contributed by atoms with Crippen LogP contribution in [0.3, 0.4) is 0 Å². The molecule has 0 aromatic heterocycles. The van der Waals surface area contributed by atoms with Gasteiger partial charge >= 0.3 is 5.97 Å². The fourth-order valence-electron chi connectivity index (χ4n) is 2.52. The molecule has 1 aromatic rings. The topological polar surface area (TPSA) is 35.5 Å². The predicted molar refractivity (Wildman–Crippen MR) is 95.0 cm³/mol. The van der Waals surface area contributed by atoms with E-state index in [1.165, 1.54) is 6.42 Å². The summed E-state index contributed by atoms with van der Waals surface area (Å²) in [6, 6.07) is 5.61. The lowest BCUT2D eigenvalue weighted by atomic mass is 9.97. The molecule has 3 nitrogen and oxygen atoms in total. The van der Waals surface area contributed by atoms with Gasteiger partial charge in [-0.1, -0.05) is 52.2 Å². The van der Waals surface area contributed by atoms with Gasteiger partial charge in [0.25, 0.3) is 0 Å². The molecular formula is C20H30O3. The molecule has 0 aliphatic carbocycles. The third kappa shape index (κ3) is 7.36. The minimum absolute atomic E-state index is 0.197. The zero-order chi connectivity index (χ0) is 17.2. The van der Waals surface area contributed by atoms with Gasteiger partial charge in [0.2, 0.25) is 0 Å². The van der Waals surface area contributed by atoms with Gasteiger partial charge in [0, 0.05) is 6.42 Å². The highest BCUT2D eigenvalue weighted by Crippen LogP contribution is 2.29. The van der Waals surface area contributed by atoms with E-state index in [-0.39, 0.29) is 5.97 Å². The maximum Gasteiger partial charge on any atom is 0.311 e. The Kier molecular flexibility index (Phi) is 8.46. The van der Waals surface area contributed by atoms with E-state index in [4.69, 9.17) is 9.47 Å². The van der Waals surface area contributed by atoms with E-state index < -0.39 is 0 Å². The van der Waals surface area contributed by atoms with Gasteiger partial charge < -0.3 is 9.47 Å². The molecule has 0 radical (unpaired) electrons. The van der Waals surface area contributed by atoms with Crippen molar-refractivity contribution < 1.29 is 14.3 Å². The number of allylic oxidation sites excluding steroid dienone is 1. The largest absolute Gasteiger partial charge is 0.493 e. The lowest BCUT2D eigenvalue weighted by molar-refractivity contribution is -0.135. The number of rotatable bonds is 10. The summed E-state index contributed by atoms with van der Waals surface area (Å²) in [4.78, 5) is 12.1. The molecule has 0 aliphatic heterocycles. The van der Waals surface area contributed by atoms with Gasteiger partial charge in [-0.2, -0.15) is 0 Å². The van der Waals surface area contributed by atoms with Gasteiger partial charge in [0.05, 0.1) is 7.11 Å². The molecule has 1 rings (SSSR count). The van der Waals surface area contributed by atoms with E-state index in [1.807, 2.05) is 18.2 Å². The lowest BCUT2D eigenvalue weighted by Gasteiger charge is -2.13. The Morgan fingerprint density at radius 3 is 2.57 bits per heavy atom. The van der Waals surface area contributed by atoms with Crippen LogP contribution in [-0.4, -0.2) is 13.1 Å². The highest BCUT2D eigenvalue weighted by atomic mass is 16.6. The lowest BCUT2D eigenvalue weighted by Crippen LogP contribution is -2.13. The molecule has 1 aromatic carbocycles. The molecule has 128 valence electrons. The molecule has 0 saturated carbocycles. The van der Waals surface area contributed by atoms with Crippen molar-refractivity contribution in [1.82, 2.24) is 0 Å². The highest BCUT2D eigenvalue weighted by Gasteiger charge is 2.14. The summed E-state index contributed by atoms with van der Waals surface area (Å²) in [5.74, 6) is 1.93. The van der Waals surface area contributed by atoms with Crippen molar-refractivity contribution in [2.75, 3.05) is 7.11 Å². The fraction of sp³-hybridized carbons (Fsp3) is 0.550. The molecule has 0 fully saturated rings. The van der Waals surface area contributed by atoms with Crippen LogP contribution in [0.2, 0.25) is 0 Å². The maximum absolute atomic E-state index is 12.1. The standard InChI is InChI=1S/C20H30O3/c1-6-8-17-11-12-18(19(14-17)22-5)23-20(21)13-16(4)10-7-9-15(2)3/h6,11-12,14-16H,1,7-10,13H2,2-5H3. The minimum atomic E-state index is -0.197. The average Bonchev–Trinajstić information content (AvgIpc) is 2.48. The second-order valence-corrected chi connectivity index (χ2v) is 6.59. The number of benzene rings is 1. The van der Waals surface area contributed by atoms with E-state index in [1.54, 1.807) is 13.2 Å².